The molecule has 0 aliphatic carbocycles. The van der Waals surface area contributed by atoms with Gasteiger partial charge in [-0.05, 0) is 12.5 Å². The molecule has 2 N–H and O–H groups in total. The normalized spacial score (nSPS) is 12.7. The van der Waals surface area contributed by atoms with Crippen molar-refractivity contribution in [3.8, 4) is 0 Å². The molecule has 2 unspecified atom stereocenters. The highest BCUT2D eigenvalue weighted by atomic mass is 35.5. The summed E-state index contributed by atoms with van der Waals surface area (Å²) >= 11 is 0. The number of benzene rings is 1. The highest BCUT2D eigenvalue weighted by Crippen LogP contribution is 2.22. The van der Waals surface area contributed by atoms with Gasteiger partial charge in [0, 0.05) is 13.7 Å². The van der Waals surface area contributed by atoms with Crippen molar-refractivity contribution < 1.29 is 19.1 Å². The van der Waals surface area contributed by atoms with E-state index in [1.54, 1.807) is 14.0 Å². The van der Waals surface area contributed by atoms with Gasteiger partial charge in [-0.3, -0.25) is 9.59 Å². The topological polar surface area (TPSA) is 76.7 Å². The van der Waals surface area contributed by atoms with Crippen molar-refractivity contribution in [3.05, 3.63) is 35.9 Å². The van der Waals surface area contributed by atoms with Crippen molar-refractivity contribution in [1.82, 2.24) is 10.6 Å². The summed E-state index contributed by atoms with van der Waals surface area (Å²) in [5, 5.41) is 5.85. The number of esters is 1. The van der Waals surface area contributed by atoms with Crippen LogP contribution >= 0.6 is 12.4 Å². The van der Waals surface area contributed by atoms with E-state index < -0.39 is 12.0 Å². The van der Waals surface area contributed by atoms with Crippen LogP contribution in [0.25, 0.3) is 0 Å². The van der Waals surface area contributed by atoms with Crippen LogP contribution in [-0.2, 0) is 19.1 Å². The molecule has 0 fully saturated rings. The molecule has 0 aromatic heterocycles. The molecule has 1 aromatic carbocycles. The monoisotopic (exact) mass is 344 g/mol. The average Bonchev–Trinajstić information content (AvgIpc) is 2.56. The first-order valence-corrected chi connectivity index (χ1v) is 7.22. The maximum atomic E-state index is 12.0. The Morgan fingerprint density at radius 2 is 1.83 bits per heavy atom. The van der Waals surface area contributed by atoms with Gasteiger partial charge in [-0.25, -0.2) is 0 Å². The lowest BCUT2D eigenvalue weighted by Gasteiger charge is -2.24. The largest absolute Gasteiger partial charge is 0.469 e. The third kappa shape index (κ3) is 7.45. The molecule has 1 aromatic rings. The Labute approximate surface area is 143 Å². The van der Waals surface area contributed by atoms with Crippen molar-refractivity contribution in [2.75, 3.05) is 33.9 Å². The molecule has 7 heteroatoms. The zero-order valence-corrected chi connectivity index (χ0v) is 14.5. The fraction of sp³-hybridized carbons (Fsp3) is 0.500. The average molecular weight is 345 g/mol. The Morgan fingerprint density at radius 1 is 1.17 bits per heavy atom. The van der Waals surface area contributed by atoms with Gasteiger partial charge in [-0.2, -0.15) is 0 Å². The van der Waals surface area contributed by atoms with Crippen LogP contribution in [0.1, 0.15) is 18.5 Å². The maximum Gasteiger partial charge on any atom is 0.310 e. The van der Waals surface area contributed by atoms with Crippen LogP contribution in [0.15, 0.2) is 30.3 Å². The molecule has 0 saturated heterocycles. The molecule has 0 saturated carbocycles. The fourth-order valence-electron chi connectivity index (χ4n) is 2.08. The molecule has 6 nitrogen and oxygen atoms in total. The van der Waals surface area contributed by atoms with Gasteiger partial charge in [0.05, 0.1) is 32.2 Å². The van der Waals surface area contributed by atoms with Gasteiger partial charge in [0.15, 0.2) is 0 Å². The molecule has 130 valence electrons. The molecule has 23 heavy (non-hydrogen) atoms. The second-order valence-corrected chi connectivity index (χ2v) is 4.94. The standard InChI is InChI=1S/C16H24N2O4.ClH/c1-12(16(20)22-3)15(13-7-5-4-6-8-13)18-14(19)11-17-9-10-21-2;/h4-8,12,15,17H,9-11H2,1-3H3,(H,18,19);1H. The fourth-order valence-corrected chi connectivity index (χ4v) is 2.08. The number of methoxy groups -OCH3 is 2. The van der Waals surface area contributed by atoms with E-state index >= 15 is 0 Å². The summed E-state index contributed by atoms with van der Waals surface area (Å²) < 4.78 is 9.69. The number of nitrogens with one attached hydrogen (secondary N) is 2. The van der Waals surface area contributed by atoms with Crippen molar-refractivity contribution in [2.45, 2.75) is 13.0 Å². The van der Waals surface area contributed by atoms with Gasteiger partial charge in [0.1, 0.15) is 0 Å². The smallest absolute Gasteiger partial charge is 0.310 e. The Morgan fingerprint density at radius 3 is 2.39 bits per heavy atom. The zero-order valence-electron chi connectivity index (χ0n) is 13.7. The quantitative estimate of drug-likeness (QED) is 0.522. The van der Waals surface area contributed by atoms with E-state index in [9.17, 15) is 9.59 Å². The van der Waals surface area contributed by atoms with Gasteiger partial charge in [0.25, 0.3) is 0 Å². The van der Waals surface area contributed by atoms with Crippen LogP contribution in [0, 0.1) is 5.92 Å². The zero-order chi connectivity index (χ0) is 16.4. The summed E-state index contributed by atoms with van der Waals surface area (Å²) in [5.41, 5.74) is 0.866. The lowest BCUT2D eigenvalue weighted by molar-refractivity contribution is -0.146. The molecule has 0 spiro atoms. The first-order valence-electron chi connectivity index (χ1n) is 7.22. The van der Waals surface area contributed by atoms with Crippen LogP contribution in [0.4, 0.5) is 0 Å². The molecule has 0 bridgehead atoms. The van der Waals surface area contributed by atoms with E-state index in [0.717, 1.165) is 5.56 Å². The second kappa shape index (κ2) is 11.9. The summed E-state index contributed by atoms with van der Waals surface area (Å²) in [6.45, 7) is 3.03. The number of amides is 1. The minimum absolute atomic E-state index is 0. The van der Waals surface area contributed by atoms with Gasteiger partial charge < -0.3 is 20.1 Å². The van der Waals surface area contributed by atoms with Gasteiger partial charge in [-0.1, -0.05) is 30.3 Å². The van der Waals surface area contributed by atoms with E-state index in [1.807, 2.05) is 30.3 Å². The van der Waals surface area contributed by atoms with Crippen LogP contribution < -0.4 is 10.6 Å². The number of halogens is 1. The van der Waals surface area contributed by atoms with Gasteiger partial charge >= 0.3 is 5.97 Å². The first kappa shape index (κ1) is 21.4. The number of hydrogen-bond donors (Lipinski definition) is 2. The summed E-state index contributed by atoms with van der Waals surface area (Å²) in [6.07, 6.45) is 0. The van der Waals surface area contributed by atoms with Crippen LogP contribution in [0.5, 0.6) is 0 Å². The highest BCUT2D eigenvalue weighted by molar-refractivity contribution is 5.85. The van der Waals surface area contributed by atoms with Crippen molar-refractivity contribution in [2.24, 2.45) is 5.92 Å². The number of rotatable bonds is 9. The number of ether oxygens (including phenoxy) is 2. The number of carbonyl (C=O) groups excluding carboxylic acids is 2. The molecule has 0 radical (unpaired) electrons. The Kier molecular flexibility index (Phi) is 11.0. The molecule has 0 aliphatic heterocycles. The molecule has 2 atom stereocenters. The van der Waals surface area contributed by atoms with Crippen molar-refractivity contribution >= 4 is 24.3 Å². The number of hydrogen-bond acceptors (Lipinski definition) is 5. The van der Waals surface area contributed by atoms with Crippen LogP contribution in [-0.4, -0.2) is 45.8 Å². The van der Waals surface area contributed by atoms with E-state index in [0.29, 0.717) is 13.2 Å². The molecule has 1 rings (SSSR count). The first-order chi connectivity index (χ1) is 10.6. The number of carbonyl (C=O) groups is 2. The Bertz CT molecular complexity index is 470. The van der Waals surface area contributed by atoms with Crippen molar-refractivity contribution in [1.29, 1.82) is 0 Å². The van der Waals surface area contributed by atoms with E-state index in [2.05, 4.69) is 10.6 Å². The lowest BCUT2D eigenvalue weighted by Crippen LogP contribution is -2.41. The highest BCUT2D eigenvalue weighted by Gasteiger charge is 2.27. The second-order valence-electron chi connectivity index (χ2n) is 4.94. The molecule has 0 heterocycles. The summed E-state index contributed by atoms with van der Waals surface area (Å²) in [6, 6.07) is 8.96. The third-order valence-corrected chi connectivity index (χ3v) is 3.32. The SMILES string of the molecule is COCCNCC(=O)NC(c1ccccc1)C(C)C(=O)OC.Cl. The molecule has 1 amide bonds. The van der Waals surface area contributed by atoms with E-state index in [1.165, 1.54) is 7.11 Å². The Balaban J connectivity index is 0.00000484. The van der Waals surface area contributed by atoms with E-state index in [4.69, 9.17) is 9.47 Å². The molecular formula is C16H25ClN2O4. The maximum absolute atomic E-state index is 12.0. The summed E-state index contributed by atoms with van der Waals surface area (Å²) in [4.78, 5) is 23.8. The van der Waals surface area contributed by atoms with Crippen LogP contribution in [0.3, 0.4) is 0 Å². The lowest BCUT2D eigenvalue weighted by atomic mass is 9.94. The van der Waals surface area contributed by atoms with Crippen LogP contribution in [0.2, 0.25) is 0 Å². The molecular weight excluding hydrogens is 320 g/mol. The summed E-state index contributed by atoms with van der Waals surface area (Å²) in [7, 11) is 2.94. The minimum Gasteiger partial charge on any atom is -0.469 e. The van der Waals surface area contributed by atoms with Crippen molar-refractivity contribution in [3.63, 3.8) is 0 Å². The minimum atomic E-state index is -0.477. The predicted molar refractivity (Wildman–Crippen MR) is 90.5 cm³/mol. The third-order valence-electron chi connectivity index (χ3n) is 3.32. The van der Waals surface area contributed by atoms with Gasteiger partial charge in [-0.15, -0.1) is 12.4 Å². The van der Waals surface area contributed by atoms with Gasteiger partial charge in [0.2, 0.25) is 5.91 Å². The summed E-state index contributed by atoms with van der Waals surface area (Å²) in [5.74, 6) is -1.02. The Hall–Kier alpha value is -1.63. The van der Waals surface area contributed by atoms with E-state index in [-0.39, 0.29) is 30.8 Å². The predicted octanol–water partition coefficient (Wildman–Crippen LogP) is 1.31. The molecule has 0 aliphatic rings.